The van der Waals surface area contributed by atoms with Crippen LogP contribution in [0.25, 0.3) is 11.0 Å². The van der Waals surface area contributed by atoms with Crippen molar-refractivity contribution in [3.63, 3.8) is 0 Å². The van der Waals surface area contributed by atoms with Crippen molar-refractivity contribution in [1.82, 2.24) is 10.2 Å². The normalized spacial score (nSPS) is 15.2. The summed E-state index contributed by atoms with van der Waals surface area (Å²) < 4.78 is 11.9. The third-order valence-corrected chi connectivity index (χ3v) is 6.82. The van der Waals surface area contributed by atoms with Crippen LogP contribution >= 0.6 is 22.9 Å². The summed E-state index contributed by atoms with van der Waals surface area (Å²) in [5, 5.41) is 10.1. The van der Waals surface area contributed by atoms with Gasteiger partial charge in [0.1, 0.15) is 16.3 Å². The maximum absolute atomic E-state index is 13.7. The molecule has 0 radical (unpaired) electrons. The molecule has 0 fully saturated rings. The smallest absolute Gasteiger partial charge is 0.297 e. The van der Waals surface area contributed by atoms with E-state index in [1.54, 1.807) is 18.2 Å². The molecule has 1 aliphatic rings. The SMILES string of the molecule is CCCCCOc1cccc(C2c3c(oc4ccc(Cl)cc4c3=O)C(=O)N2c2nnc(C)s2)c1. The lowest BCUT2D eigenvalue weighted by Gasteiger charge is -2.22. The van der Waals surface area contributed by atoms with Gasteiger partial charge in [-0.1, -0.05) is 54.8 Å². The van der Waals surface area contributed by atoms with Crippen LogP contribution in [0.15, 0.2) is 51.7 Å². The van der Waals surface area contributed by atoms with Crippen LogP contribution in [0.5, 0.6) is 5.75 Å². The van der Waals surface area contributed by atoms with Crippen LogP contribution in [-0.4, -0.2) is 22.7 Å². The molecule has 2 aromatic carbocycles. The van der Waals surface area contributed by atoms with Crippen molar-refractivity contribution < 1.29 is 13.9 Å². The van der Waals surface area contributed by atoms with Gasteiger partial charge in [-0.2, -0.15) is 0 Å². The molecular formula is C25H22ClN3O4S. The fourth-order valence-electron chi connectivity index (χ4n) is 4.16. The fraction of sp³-hybridized carbons (Fsp3) is 0.280. The number of anilines is 1. The Hall–Kier alpha value is -3.23. The molecular weight excluding hydrogens is 474 g/mol. The predicted molar refractivity (Wildman–Crippen MR) is 132 cm³/mol. The fourth-order valence-corrected chi connectivity index (χ4v) is 5.04. The molecule has 2 aromatic heterocycles. The molecule has 1 atom stereocenters. The van der Waals surface area contributed by atoms with Crippen molar-refractivity contribution in [2.45, 2.75) is 39.2 Å². The van der Waals surface area contributed by atoms with Crippen LogP contribution in [0.1, 0.15) is 58.9 Å². The van der Waals surface area contributed by atoms with Crippen molar-refractivity contribution in [1.29, 1.82) is 0 Å². The number of ether oxygens (including phenoxy) is 1. The van der Waals surface area contributed by atoms with Gasteiger partial charge in [-0.25, -0.2) is 0 Å². The van der Waals surface area contributed by atoms with E-state index in [0.29, 0.717) is 38.5 Å². The summed E-state index contributed by atoms with van der Waals surface area (Å²) in [6, 6.07) is 11.5. The minimum atomic E-state index is -0.728. The first-order chi connectivity index (χ1) is 16.5. The monoisotopic (exact) mass is 495 g/mol. The Balaban J connectivity index is 1.66. The van der Waals surface area contributed by atoms with Crippen molar-refractivity contribution in [2.24, 2.45) is 0 Å². The Bertz CT molecular complexity index is 1450. The van der Waals surface area contributed by atoms with Crippen LogP contribution < -0.4 is 15.1 Å². The number of carbonyl (C=O) groups is 1. The first-order valence-corrected chi connectivity index (χ1v) is 12.3. The number of halogens is 1. The van der Waals surface area contributed by atoms with E-state index >= 15 is 0 Å². The van der Waals surface area contributed by atoms with Gasteiger partial charge in [0.2, 0.25) is 10.9 Å². The molecule has 0 aliphatic carbocycles. The second-order valence-corrected chi connectivity index (χ2v) is 9.72. The largest absolute Gasteiger partial charge is 0.494 e. The Morgan fingerprint density at radius 2 is 2.00 bits per heavy atom. The molecule has 0 bridgehead atoms. The van der Waals surface area contributed by atoms with Gasteiger partial charge in [0.05, 0.1) is 23.6 Å². The van der Waals surface area contributed by atoms with Crippen LogP contribution in [0, 0.1) is 6.92 Å². The highest BCUT2D eigenvalue weighted by Gasteiger charge is 2.45. The standard InChI is InChI=1S/C25H22ClN3O4S/c1-3-4-5-11-32-17-8-6-7-15(12-17)21-20-22(30)18-13-16(26)9-10-19(18)33-23(20)24(31)29(21)25-28-27-14(2)34-25/h6-10,12-13,21H,3-5,11H2,1-2H3. The van der Waals surface area contributed by atoms with Gasteiger partial charge in [-0.15, -0.1) is 10.2 Å². The topological polar surface area (TPSA) is 85.5 Å². The van der Waals surface area contributed by atoms with Gasteiger partial charge in [0, 0.05) is 5.02 Å². The van der Waals surface area contributed by atoms with Crippen LogP contribution in [0.4, 0.5) is 5.13 Å². The van der Waals surface area contributed by atoms with Crippen molar-refractivity contribution in [2.75, 3.05) is 11.5 Å². The van der Waals surface area contributed by atoms with E-state index in [2.05, 4.69) is 17.1 Å². The van der Waals surface area contributed by atoms with E-state index in [4.69, 9.17) is 20.8 Å². The molecule has 0 spiro atoms. The summed E-state index contributed by atoms with van der Waals surface area (Å²) in [5.74, 6) is 0.252. The number of nitrogens with zero attached hydrogens (tertiary/aromatic N) is 3. The molecule has 7 nitrogen and oxygen atoms in total. The summed E-state index contributed by atoms with van der Waals surface area (Å²) in [6.07, 6.45) is 3.15. The molecule has 34 heavy (non-hydrogen) atoms. The molecule has 174 valence electrons. The summed E-state index contributed by atoms with van der Waals surface area (Å²) in [7, 11) is 0. The number of fused-ring (bicyclic) bond motifs is 2. The quantitative estimate of drug-likeness (QED) is 0.295. The number of hydrogen-bond donors (Lipinski definition) is 0. The van der Waals surface area contributed by atoms with Gasteiger partial charge in [0.15, 0.2) is 5.43 Å². The van der Waals surface area contributed by atoms with E-state index in [1.807, 2.05) is 31.2 Å². The average Bonchev–Trinajstić information content (AvgIpc) is 3.38. The number of aromatic nitrogens is 2. The first kappa shape index (κ1) is 22.6. The highest BCUT2D eigenvalue weighted by atomic mass is 35.5. The summed E-state index contributed by atoms with van der Waals surface area (Å²) >= 11 is 7.43. The molecule has 0 saturated heterocycles. The molecule has 1 aliphatic heterocycles. The van der Waals surface area contributed by atoms with Gasteiger partial charge in [0.25, 0.3) is 5.91 Å². The number of unbranched alkanes of at least 4 members (excludes halogenated alkanes) is 2. The number of carbonyl (C=O) groups excluding carboxylic acids is 1. The van der Waals surface area contributed by atoms with Crippen LogP contribution in [0.2, 0.25) is 5.02 Å². The summed E-state index contributed by atoms with van der Waals surface area (Å²) in [5.41, 5.74) is 0.996. The highest BCUT2D eigenvalue weighted by Crippen LogP contribution is 2.42. The van der Waals surface area contributed by atoms with Gasteiger partial charge in [-0.05, 0) is 49.2 Å². The number of rotatable bonds is 7. The zero-order chi connectivity index (χ0) is 23.8. The second-order valence-electron chi connectivity index (χ2n) is 8.12. The third-order valence-electron chi connectivity index (χ3n) is 5.74. The van der Waals surface area contributed by atoms with Crippen LogP contribution in [-0.2, 0) is 0 Å². The van der Waals surface area contributed by atoms with Crippen molar-refractivity contribution >= 4 is 44.9 Å². The maximum atomic E-state index is 13.7. The van der Waals surface area contributed by atoms with E-state index in [9.17, 15) is 9.59 Å². The van der Waals surface area contributed by atoms with E-state index in [-0.39, 0.29) is 16.8 Å². The van der Waals surface area contributed by atoms with Gasteiger partial charge >= 0.3 is 0 Å². The van der Waals surface area contributed by atoms with E-state index in [0.717, 1.165) is 24.8 Å². The first-order valence-electron chi connectivity index (χ1n) is 11.1. The molecule has 3 heterocycles. The molecule has 5 rings (SSSR count). The Kier molecular flexibility index (Phi) is 6.10. The number of amides is 1. The Labute approximate surface area is 204 Å². The van der Waals surface area contributed by atoms with E-state index < -0.39 is 11.9 Å². The Morgan fingerprint density at radius 1 is 1.15 bits per heavy atom. The zero-order valence-corrected chi connectivity index (χ0v) is 20.3. The average molecular weight is 496 g/mol. The Morgan fingerprint density at radius 3 is 2.76 bits per heavy atom. The van der Waals surface area contributed by atoms with Gasteiger partial charge < -0.3 is 9.15 Å². The second kappa shape index (κ2) is 9.19. The number of hydrogen-bond acceptors (Lipinski definition) is 7. The summed E-state index contributed by atoms with van der Waals surface area (Å²) in [4.78, 5) is 28.7. The third kappa shape index (κ3) is 3.97. The lowest BCUT2D eigenvalue weighted by molar-refractivity contribution is 0.0970. The lowest BCUT2D eigenvalue weighted by Crippen LogP contribution is -2.29. The maximum Gasteiger partial charge on any atom is 0.297 e. The zero-order valence-electron chi connectivity index (χ0n) is 18.7. The predicted octanol–water partition coefficient (Wildman–Crippen LogP) is 5.93. The molecule has 1 unspecified atom stereocenters. The highest BCUT2D eigenvalue weighted by molar-refractivity contribution is 7.15. The molecule has 1 amide bonds. The lowest BCUT2D eigenvalue weighted by atomic mass is 9.98. The van der Waals surface area contributed by atoms with Crippen LogP contribution in [0.3, 0.4) is 0 Å². The number of benzene rings is 2. The molecule has 4 aromatic rings. The molecule has 0 saturated carbocycles. The number of aryl methyl sites for hydroxylation is 1. The van der Waals surface area contributed by atoms with Gasteiger partial charge in [-0.3, -0.25) is 14.5 Å². The van der Waals surface area contributed by atoms with Crippen molar-refractivity contribution in [3.05, 3.63) is 79.6 Å². The van der Waals surface area contributed by atoms with E-state index in [1.165, 1.54) is 16.2 Å². The minimum Gasteiger partial charge on any atom is -0.494 e. The molecule has 9 heteroatoms. The molecule has 0 N–H and O–H groups in total. The van der Waals surface area contributed by atoms with Crippen molar-refractivity contribution in [3.8, 4) is 5.75 Å². The minimum absolute atomic E-state index is 0.00643. The summed E-state index contributed by atoms with van der Waals surface area (Å²) in [6.45, 7) is 4.55.